The summed E-state index contributed by atoms with van der Waals surface area (Å²) in [6, 6.07) is 9.83. The average molecular weight is 240 g/mol. The van der Waals surface area contributed by atoms with Gasteiger partial charge in [-0.05, 0) is 44.6 Å². The smallest absolute Gasteiger partial charge is 0.101 e. The number of piperidine rings is 1. The number of rotatable bonds is 2. The van der Waals surface area contributed by atoms with E-state index in [1.54, 1.807) is 12.1 Å². The monoisotopic (exact) mass is 240 g/mol. The minimum absolute atomic E-state index is 0.420. The topological polar surface area (TPSA) is 62.9 Å². The number of nitrogens with zero attached hydrogens (tertiary/aromatic N) is 3. The molecule has 0 saturated carbocycles. The molecular weight excluding hydrogens is 224 g/mol. The summed E-state index contributed by atoms with van der Waals surface area (Å²) < 4.78 is 0. The highest BCUT2D eigenvalue weighted by Gasteiger charge is 2.17. The van der Waals surface area contributed by atoms with Crippen molar-refractivity contribution in [3.05, 3.63) is 29.3 Å². The number of benzene rings is 1. The number of hydrogen-bond acceptors (Lipinski definition) is 4. The van der Waals surface area contributed by atoms with Gasteiger partial charge in [-0.3, -0.25) is 0 Å². The van der Waals surface area contributed by atoms with E-state index in [4.69, 9.17) is 10.5 Å². The van der Waals surface area contributed by atoms with Crippen molar-refractivity contribution in [1.29, 1.82) is 10.5 Å². The maximum Gasteiger partial charge on any atom is 0.101 e. The average Bonchev–Trinajstić information content (AvgIpc) is 2.38. The first-order valence-electron chi connectivity index (χ1n) is 6.12. The molecule has 1 N–H and O–H groups in total. The molecule has 18 heavy (non-hydrogen) atoms. The van der Waals surface area contributed by atoms with E-state index in [9.17, 15) is 0 Å². The van der Waals surface area contributed by atoms with Gasteiger partial charge in [0.05, 0.1) is 11.1 Å². The summed E-state index contributed by atoms with van der Waals surface area (Å²) in [4.78, 5) is 2.30. The van der Waals surface area contributed by atoms with Crippen LogP contribution >= 0.6 is 0 Å². The Morgan fingerprint density at radius 2 is 2.06 bits per heavy atom. The summed E-state index contributed by atoms with van der Waals surface area (Å²) in [6.45, 7) is 2.16. The third kappa shape index (κ3) is 2.80. The molecule has 1 saturated heterocycles. The lowest BCUT2D eigenvalue weighted by Gasteiger charge is -2.30. The summed E-state index contributed by atoms with van der Waals surface area (Å²) >= 11 is 0. The SMILES string of the molecule is CN1CCCC(Nc2ccc(C#N)c(C#N)c2)C1. The van der Waals surface area contributed by atoms with Crippen molar-refractivity contribution in [3.63, 3.8) is 0 Å². The van der Waals surface area contributed by atoms with Gasteiger partial charge in [-0.25, -0.2) is 0 Å². The van der Waals surface area contributed by atoms with Crippen molar-refractivity contribution in [3.8, 4) is 12.1 Å². The second kappa shape index (κ2) is 5.53. The zero-order valence-electron chi connectivity index (χ0n) is 10.5. The molecule has 0 radical (unpaired) electrons. The number of nitrogens with one attached hydrogen (secondary N) is 1. The van der Waals surface area contributed by atoms with Crippen LogP contribution in [0.3, 0.4) is 0 Å². The third-order valence-electron chi connectivity index (χ3n) is 3.26. The Morgan fingerprint density at radius 3 is 2.72 bits per heavy atom. The fraction of sp³-hybridized carbons (Fsp3) is 0.429. The molecule has 1 aromatic carbocycles. The molecule has 92 valence electrons. The molecule has 0 aliphatic carbocycles. The second-order valence-electron chi connectivity index (χ2n) is 4.73. The number of nitriles is 2. The Morgan fingerprint density at radius 1 is 1.28 bits per heavy atom. The molecule has 0 amide bonds. The molecule has 1 aliphatic heterocycles. The Bertz CT molecular complexity index is 510. The maximum atomic E-state index is 8.98. The largest absolute Gasteiger partial charge is 0.381 e. The first kappa shape index (κ1) is 12.4. The van der Waals surface area contributed by atoms with Crippen LogP contribution < -0.4 is 5.32 Å². The molecular formula is C14H16N4. The fourth-order valence-electron chi connectivity index (χ4n) is 2.34. The Balaban J connectivity index is 2.10. The minimum atomic E-state index is 0.420. The normalized spacial score (nSPS) is 19.8. The van der Waals surface area contributed by atoms with Gasteiger partial charge in [0, 0.05) is 18.3 Å². The van der Waals surface area contributed by atoms with E-state index in [1.807, 2.05) is 12.1 Å². The highest BCUT2D eigenvalue weighted by atomic mass is 15.1. The number of anilines is 1. The van der Waals surface area contributed by atoms with Crippen molar-refractivity contribution in [2.75, 3.05) is 25.5 Å². The van der Waals surface area contributed by atoms with Gasteiger partial charge in [0.25, 0.3) is 0 Å². The van der Waals surface area contributed by atoms with E-state index < -0.39 is 0 Å². The van der Waals surface area contributed by atoms with E-state index in [0.717, 1.165) is 25.2 Å². The van der Waals surface area contributed by atoms with Crippen LogP contribution in [-0.4, -0.2) is 31.1 Å². The highest BCUT2D eigenvalue weighted by Crippen LogP contribution is 2.18. The summed E-state index contributed by atoms with van der Waals surface area (Å²) in [5.74, 6) is 0. The van der Waals surface area contributed by atoms with Gasteiger partial charge in [0.1, 0.15) is 12.1 Å². The number of hydrogen-bond donors (Lipinski definition) is 1. The molecule has 0 aromatic heterocycles. The first-order chi connectivity index (χ1) is 8.72. The standard InChI is InChI=1S/C14H16N4/c1-18-6-2-3-14(10-18)17-13-5-4-11(8-15)12(7-13)9-16/h4-5,7,14,17H,2-3,6,10H2,1H3. The van der Waals surface area contributed by atoms with Crippen LogP contribution in [-0.2, 0) is 0 Å². The van der Waals surface area contributed by atoms with Gasteiger partial charge in [-0.2, -0.15) is 10.5 Å². The predicted octanol–water partition coefficient (Wildman–Crippen LogP) is 1.94. The molecule has 4 nitrogen and oxygen atoms in total. The zero-order chi connectivity index (χ0) is 13.0. The van der Waals surface area contributed by atoms with Gasteiger partial charge in [0.2, 0.25) is 0 Å². The molecule has 1 heterocycles. The molecule has 1 atom stereocenters. The van der Waals surface area contributed by atoms with E-state index in [1.165, 1.54) is 6.42 Å². The summed E-state index contributed by atoms with van der Waals surface area (Å²) in [5.41, 5.74) is 1.79. The van der Waals surface area contributed by atoms with Crippen LogP contribution in [0.1, 0.15) is 24.0 Å². The Kier molecular flexibility index (Phi) is 3.82. The van der Waals surface area contributed by atoms with Gasteiger partial charge in [-0.15, -0.1) is 0 Å². The lowest BCUT2D eigenvalue weighted by atomic mass is 10.0. The molecule has 0 bridgehead atoms. The van der Waals surface area contributed by atoms with Crippen LogP contribution in [0.4, 0.5) is 5.69 Å². The van der Waals surface area contributed by atoms with E-state index in [0.29, 0.717) is 17.2 Å². The molecule has 1 aromatic rings. The number of likely N-dealkylation sites (N-methyl/N-ethyl adjacent to an activating group) is 1. The van der Waals surface area contributed by atoms with Gasteiger partial charge >= 0.3 is 0 Å². The van der Waals surface area contributed by atoms with E-state index in [-0.39, 0.29) is 0 Å². The molecule has 1 aliphatic rings. The molecule has 0 spiro atoms. The summed E-state index contributed by atoms with van der Waals surface area (Å²) in [6.07, 6.45) is 2.34. The van der Waals surface area contributed by atoms with Crippen molar-refractivity contribution in [2.24, 2.45) is 0 Å². The Hall–Kier alpha value is -2.04. The summed E-state index contributed by atoms with van der Waals surface area (Å²) in [7, 11) is 2.12. The van der Waals surface area contributed by atoms with Gasteiger partial charge < -0.3 is 10.2 Å². The zero-order valence-corrected chi connectivity index (χ0v) is 10.5. The van der Waals surface area contributed by atoms with Crippen LogP contribution in [0.15, 0.2) is 18.2 Å². The molecule has 1 unspecified atom stereocenters. The van der Waals surface area contributed by atoms with Crippen LogP contribution in [0.2, 0.25) is 0 Å². The van der Waals surface area contributed by atoms with Crippen LogP contribution in [0.25, 0.3) is 0 Å². The van der Waals surface area contributed by atoms with Crippen molar-refractivity contribution >= 4 is 5.69 Å². The molecule has 2 rings (SSSR count). The maximum absolute atomic E-state index is 8.98. The first-order valence-corrected chi connectivity index (χ1v) is 6.12. The lowest BCUT2D eigenvalue weighted by Crippen LogP contribution is -2.39. The Labute approximate surface area is 107 Å². The van der Waals surface area contributed by atoms with Crippen LogP contribution in [0, 0.1) is 22.7 Å². The van der Waals surface area contributed by atoms with Crippen molar-refractivity contribution < 1.29 is 0 Å². The minimum Gasteiger partial charge on any atom is -0.381 e. The summed E-state index contributed by atoms with van der Waals surface area (Å²) in [5, 5.41) is 21.3. The molecule has 4 heteroatoms. The molecule has 1 fully saturated rings. The fourth-order valence-corrected chi connectivity index (χ4v) is 2.34. The van der Waals surface area contributed by atoms with Crippen LogP contribution in [0.5, 0.6) is 0 Å². The van der Waals surface area contributed by atoms with E-state index in [2.05, 4.69) is 23.3 Å². The number of likely N-dealkylation sites (tertiary alicyclic amines) is 1. The highest BCUT2D eigenvalue weighted by molar-refractivity contribution is 5.56. The second-order valence-corrected chi connectivity index (χ2v) is 4.73. The predicted molar refractivity (Wildman–Crippen MR) is 70.0 cm³/mol. The van der Waals surface area contributed by atoms with Crippen molar-refractivity contribution in [2.45, 2.75) is 18.9 Å². The third-order valence-corrected chi connectivity index (χ3v) is 3.26. The van der Waals surface area contributed by atoms with Gasteiger partial charge in [-0.1, -0.05) is 0 Å². The van der Waals surface area contributed by atoms with Gasteiger partial charge in [0.15, 0.2) is 0 Å². The van der Waals surface area contributed by atoms with E-state index >= 15 is 0 Å². The lowest BCUT2D eigenvalue weighted by molar-refractivity contribution is 0.261. The van der Waals surface area contributed by atoms with Crippen molar-refractivity contribution in [1.82, 2.24) is 4.90 Å². The quantitative estimate of drug-likeness (QED) is 0.858.